The second kappa shape index (κ2) is 3.91. The van der Waals surface area contributed by atoms with Crippen molar-refractivity contribution in [3.63, 3.8) is 0 Å². The smallest absolute Gasteiger partial charge is 0.270 e. The Hall–Kier alpha value is -2.69. The van der Waals surface area contributed by atoms with E-state index in [-0.39, 0.29) is 11.5 Å². The number of H-pyrrole nitrogens is 1. The number of hydrogen-bond donors (Lipinski definition) is 1. The highest BCUT2D eigenvalue weighted by Gasteiger charge is 2.22. The molecule has 1 aliphatic heterocycles. The molecule has 0 saturated heterocycles. The quantitative estimate of drug-likeness (QED) is 0.432. The van der Waals surface area contributed by atoms with Gasteiger partial charge in [0.15, 0.2) is 5.78 Å². The van der Waals surface area contributed by atoms with E-state index in [0.717, 1.165) is 16.6 Å². The molecule has 1 aromatic rings. The van der Waals surface area contributed by atoms with Crippen molar-refractivity contribution in [2.45, 2.75) is 6.92 Å². The lowest BCUT2D eigenvalue weighted by molar-refractivity contribution is -0.384. The second-order valence-electron chi connectivity index (χ2n) is 4.38. The van der Waals surface area contributed by atoms with Crippen molar-refractivity contribution in [1.29, 1.82) is 0 Å². The lowest BCUT2D eigenvalue weighted by Gasteiger charge is -2.00. The highest BCUT2D eigenvalue weighted by molar-refractivity contribution is 6.18. The molecule has 5 heteroatoms. The molecular weight excluding hydrogens is 244 g/mol. The lowest BCUT2D eigenvalue weighted by atomic mass is 10.1. The number of Topliss-reactive ketones (excluding diaryl/α,β-unsaturated/α-hetero) is 1. The molecule has 94 valence electrons. The summed E-state index contributed by atoms with van der Waals surface area (Å²) in [7, 11) is 0. The molecule has 5 nitrogen and oxygen atoms in total. The maximum absolute atomic E-state index is 11.8. The number of nitrogens with one attached hydrogen (secondary N) is 1. The normalized spacial score (nSPS) is 11.0. The van der Waals surface area contributed by atoms with Gasteiger partial charge in [-0.15, -0.1) is 0 Å². The van der Waals surface area contributed by atoms with Crippen molar-refractivity contribution in [3.8, 4) is 11.3 Å². The Bertz CT molecular complexity index is 789. The molecule has 2 aliphatic rings. The molecule has 1 N–H and O–H groups in total. The summed E-state index contributed by atoms with van der Waals surface area (Å²) in [5.74, 6) is -0.108. The third-order valence-electron chi connectivity index (χ3n) is 3.23. The van der Waals surface area contributed by atoms with Gasteiger partial charge < -0.3 is 4.98 Å². The second-order valence-corrected chi connectivity index (χ2v) is 4.38. The van der Waals surface area contributed by atoms with Crippen LogP contribution >= 0.6 is 0 Å². The summed E-state index contributed by atoms with van der Waals surface area (Å²) in [6, 6.07) is 8.34. The minimum absolute atomic E-state index is 0.00898. The monoisotopic (exact) mass is 254 g/mol. The first kappa shape index (κ1) is 11.4. The molecule has 0 radical (unpaired) electrons. The van der Waals surface area contributed by atoms with Gasteiger partial charge in [-0.3, -0.25) is 14.9 Å². The molecule has 0 bridgehead atoms. The van der Waals surface area contributed by atoms with Gasteiger partial charge in [0, 0.05) is 34.8 Å². The number of benzene rings is 1. The van der Waals surface area contributed by atoms with Crippen LogP contribution in [0.3, 0.4) is 0 Å². The Labute approximate surface area is 108 Å². The Morgan fingerprint density at radius 2 is 2.05 bits per heavy atom. The summed E-state index contributed by atoms with van der Waals surface area (Å²) in [5, 5.41) is 12.3. The Morgan fingerprint density at radius 3 is 2.74 bits per heavy atom. The lowest BCUT2D eigenvalue weighted by Crippen LogP contribution is -1.94. The zero-order valence-electron chi connectivity index (χ0n) is 10.1. The van der Waals surface area contributed by atoms with Crippen LogP contribution in [0.5, 0.6) is 0 Å². The van der Waals surface area contributed by atoms with E-state index in [0.29, 0.717) is 10.9 Å². The largest absolute Gasteiger partial charge is 0.361 e. The van der Waals surface area contributed by atoms with Crippen LogP contribution in [0.25, 0.3) is 22.0 Å². The summed E-state index contributed by atoms with van der Waals surface area (Å²) >= 11 is 0. The Kier molecular flexibility index (Phi) is 2.35. The number of rotatable bonds is 2. The van der Waals surface area contributed by atoms with E-state index in [2.05, 4.69) is 4.98 Å². The van der Waals surface area contributed by atoms with E-state index in [4.69, 9.17) is 0 Å². The fourth-order valence-electron chi connectivity index (χ4n) is 2.46. The Morgan fingerprint density at radius 1 is 1.26 bits per heavy atom. The molecule has 0 fully saturated rings. The molecule has 3 rings (SSSR count). The van der Waals surface area contributed by atoms with Gasteiger partial charge in [0.2, 0.25) is 0 Å². The molecule has 1 aromatic carbocycles. The number of aromatic amines is 1. The number of nitrogens with zero attached hydrogens (tertiary/aromatic N) is 1. The minimum atomic E-state index is -0.454. The molecule has 0 spiro atoms. The molecule has 1 aliphatic carbocycles. The first-order chi connectivity index (χ1) is 9.09. The summed E-state index contributed by atoms with van der Waals surface area (Å²) in [6.45, 7) is 1.47. The number of hydrogen-bond acceptors (Lipinski definition) is 3. The van der Waals surface area contributed by atoms with Gasteiger partial charge in [0.1, 0.15) is 0 Å². The summed E-state index contributed by atoms with van der Waals surface area (Å²) in [5.41, 5.74) is 2.13. The fraction of sp³-hybridized carbons (Fsp3) is 0.0714. The van der Waals surface area contributed by atoms with E-state index in [1.165, 1.54) is 19.1 Å². The topological polar surface area (TPSA) is 76.0 Å². The molecule has 1 heterocycles. The highest BCUT2D eigenvalue weighted by Crippen LogP contribution is 2.39. The molecule has 0 amide bonds. The fourth-order valence-corrected chi connectivity index (χ4v) is 2.46. The van der Waals surface area contributed by atoms with Crippen LogP contribution in [0.15, 0.2) is 36.5 Å². The molecule has 0 unspecified atom stereocenters. The van der Waals surface area contributed by atoms with Crippen LogP contribution in [0.4, 0.5) is 5.69 Å². The standard InChI is InChI=1S/C14H10N2O3/c1-8(17)13-12-7-9(16(18)19)4-5-10(12)11-3-2-6-15-14(11)13/h2-7,15H,1H3. The van der Waals surface area contributed by atoms with Crippen LogP contribution < -0.4 is 0 Å². The van der Waals surface area contributed by atoms with Crippen LogP contribution in [0, 0.1) is 10.1 Å². The van der Waals surface area contributed by atoms with Crippen molar-refractivity contribution >= 4 is 22.2 Å². The van der Waals surface area contributed by atoms with Crippen LogP contribution in [0.1, 0.15) is 17.3 Å². The average Bonchev–Trinajstić information content (AvgIpc) is 2.72. The van der Waals surface area contributed by atoms with E-state index in [1.54, 1.807) is 12.3 Å². The van der Waals surface area contributed by atoms with Crippen molar-refractivity contribution in [2.75, 3.05) is 0 Å². The van der Waals surface area contributed by atoms with Crippen LogP contribution in [-0.4, -0.2) is 15.7 Å². The predicted octanol–water partition coefficient (Wildman–Crippen LogP) is 3.38. The first-order valence-corrected chi connectivity index (χ1v) is 5.77. The molecular formula is C14H10N2O3. The van der Waals surface area contributed by atoms with Gasteiger partial charge in [-0.2, -0.15) is 0 Å². The molecule has 0 aromatic heterocycles. The van der Waals surface area contributed by atoms with Gasteiger partial charge in [0.05, 0.1) is 10.6 Å². The maximum atomic E-state index is 11.8. The highest BCUT2D eigenvalue weighted by atomic mass is 16.6. The van der Waals surface area contributed by atoms with Crippen LogP contribution in [0.2, 0.25) is 0 Å². The number of non-ortho nitro benzene ring substituents is 1. The third kappa shape index (κ3) is 1.59. The number of pyridine rings is 1. The zero-order valence-corrected chi connectivity index (χ0v) is 10.1. The predicted molar refractivity (Wildman–Crippen MR) is 71.6 cm³/mol. The van der Waals surface area contributed by atoms with Gasteiger partial charge in [-0.1, -0.05) is 6.07 Å². The van der Waals surface area contributed by atoms with Gasteiger partial charge >= 0.3 is 0 Å². The number of nitro groups is 1. The van der Waals surface area contributed by atoms with Crippen LogP contribution in [-0.2, 0) is 0 Å². The summed E-state index contributed by atoms with van der Waals surface area (Å²) in [6.07, 6.45) is 1.74. The van der Waals surface area contributed by atoms with Crippen molar-refractivity contribution in [2.24, 2.45) is 0 Å². The van der Waals surface area contributed by atoms with Crippen molar-refractivity contribution < 1.29 is 9.72 Å². The van der Waals surface area contributed by atoms with Gasteiger partial charge in [-0.05, 0) is 24.4 Å². The SMILES string of the molecule is CC(=O)c1c2[nH]cccc-2c2ccc([N+](=O)[O-])cc12. The van der Waals surface area contributed by atoms with E-state index >= 15 is 0 Å². The van der Waals surface area contributed by atoms with E-state index in [1.807, 2.05) is 12.1 Å². The third-order valence-corrected chi connectivity index (χ3v) is 3.23. The first-order valence-electron chi connectivity index (χ1n) is 5.77. The summed E-state index contributed by atoms with van der Waals surface area (Å²) in [4.78, 5) is 25.3. The maximum Gasteiger partial charge on any atom is 0.270 e. The van der Waals surface area contributed by atoms with Crippen molar-refractivity contribution in [3.05, 3.63) is 52.2 Å². The number of carbonyl (C=O) groups excluding carboxylic acids is 1. The summed E-state index contributed by atoms with van der Waals surface area (Å²) < 4.78 is 0. The number of carbonyl (C=O) groups is 1. The van der Waals surface area contributed by atoms with E-state index in [9.17, 15) is 14.9 Å². The molecule has 0 atom stereocenters. The zero-order chi connectivity index (χ0) is 13.6. The van der Waals surface area contributed by atoms with Gasteiger partial charge in [-0.25, -0.2) is 0 Å². The number of nitro benzene ring substituents is 1. The minimum Gasteiger partial charge on any atom is -0.361 e. The number of aromatic nitrogens is 1. The van der Waals surface area contributed by atoms with Crippen molar-refractivity contribution in [1.82, 2.24) is 4.98 Å². The Balaban J connectivity index is 2.49. The number of ketones is 1. The average molecular weight is 254 g/mol. The molecule has 0 saturated carbocycles. The molecule has 19 heavy (non-hydrogen) atoms. The number of fused-ring (bicyclic) bond motifs is 3. The van der Waals surface area contributed by atoms with E-state index < -0.39 is 4.92 Å². The van der Waals surface area contributed by atoms with Gasteiger partial charge in [0.25, 0.3) is 5.69 Å².